The van der Waals surface area contributed by atoms with E-state index < -0.39 is 11.9 Å². The normalized spacial score (nSPS) is 14.5. The SMILES string of the molecule is CC(C)=C(C)C.CC1=C(C)C(=O)OC1=O. The molecule has 15 heavy (non-hydrogen) atoms. The Labute approximate surface area is 90.8 Å². The fourth-order valence-corrected chi connectivity index (χ4v) is 0.543. The van der Waals surface area contributed by atoms with Gasteiger partial charge in [0.25, 0.3) is 0 Å². The van der Waals surface area contributed by atoms with Gasteiger partial charge in [0.2, 0.25) is 0 Å². The van der Waals surface area contributed by atoms with E-state index in [4.69, 9.17) is 0 Å². The lowest BCUT2D eigenvalue weighted by molar-refractivity contribution is -0.151. The summed E-state index contributed by atoms with van der Waals surface area (Å²) in [5.74, 6) is -1.03. The Hall–Kier alpha value is -1.38. The molecule has 0 aliphatic carbocycles. The van der Waals surface area contributed by atoms with Gasteiger partial charge < -0.3 is 4.74 Å². The van der Waals surface area contributed by atoms with Crippen LogP contribution in [0.15, 0.2) is 22.3 Å². The molecule has 1 rings (SSSR count). The van der Waals surface area contributed by atoms with Crippen molar-refractivity contribution in [1.29, 1.82) is 0 Å². The Kier molecular flexibility index (Phi) is 4.98. The molecule has 1 aliphatic rings. The van der Waals surface area contributed by atoms with Gasteiger partial charge in [-0.05, 0) is 41.5 Å². The standard InChI is InChI=1S/C6H6O3.C6H12/c1-3-4(2)6(8)9-5(3)7;1-5(2)6(3)4/h1-2H3;1-4H3. The Morgan fingerprint density at radius 3 is 1.13 bits per heavy atom. The van der Waals surface area contributed by atoms with Crippen LogP contribution in [0.1, 0.15) is 41.5 Å². The van der Waals surface area contributed by atoms with Crippen LogP contribution in [-0.4, -0.2) is 11.9 Å². The smallest absolute Gasteiger partial charge is 0.342 e. The van der Waals surface area contributed by atoms with E-state index in [0.717, 1.165) is 0 Å². The first kappa shape index (κ1) is 13.6. The number of rotatable bonds is 0. The van der Waals surface area contributed by atoms with Crippen molar-refractivity contribution in [2.75, 3.05) is 0 Å². The average molecular weight is 210 g/mol. The monoisotopic (exact) mass is 210 g/mol. The molecule has 1 heterocycles. The summed E-state index contributed by atoms with van der Waals surface area (Å²) in [5, 5.41) is 0. The first-order valence-corrected chi connectivity index (χ1v) is 4.82. The minimum Gasteiger partial charge on any atom is -0.386 e. The largest absolute Gasteiger partial charge is 0.386 e. The predicted molar refractivity (Wildman–Crippen MR) is 59.2 cm³/mol. The predicted octanol–water partition coefficient (Wildman–Crippen LogP) is 2.77. The van der Waals surface area contributed by atoms with E-state index in [1.54, 1.807) is 13.8 Å². The van der Waals surface area contributed by atoms with Crippen molar-refractivity contribution in [3.8, 4) is 0 Å². The molecule has 0 aromatic rings. The van der Waals surface area contributed by atoms with E-state index >= 15 is 0 Å². The van der Waals surface area contributed by atoms with Gasteiger partial charge in [-0.3, -0.25) is 0 Å². The zero-order valence-electron chi connectivity index (χ0n) is 10.2. The molecule has 3 heteroatoms. The topological polar surface area (TPSA) is 43.4 Å². The highest BCUT2D eigenvalue weighted by Crippen LogP contribution is 2.14. The van der Waals surface area contributed by atoms with Crippen molar-refractivity contribution in [3.63, 3.8) is 0 Å². The van der Waals surface area contributed by atoms with Gasteiger partial charge in [0.05, 0.1) is 0 Å². The third-order valence-electron chi connectivity index (χ3n) is 2.36. The van der Waals surface area contributed by atoms with Crippen molar-refractivity contribution in [2.24, 2.45) is 0 Å². The van der Waals surface area contributed by atoms with Gasteiger partial charge >= 0.3 is 11.9 Å². The van der Waals surface area contributed by atoms with Crippen LogP contribution >= 0.6 is 0 Å². The van der Waals surface area contributed by atoms with E-state index in [1.807, 2.05) is 0 Å². The molecule has 0 aromatic heterocycles. The maximum atomic E-state index is 10.5. The van der Waals surface area contributed by atoms with Crippen LogP contribution in [0.4, 0.5) is 0 Å². The number of allylic oxidation sites excluding steroid dienone is 2. The molecule has 1 aliphatic heterocycles. The quantitative estimate of drug-likeness (QED) is 0.351. The molecule has 0 amide bonds. The lowest BCUT2D eigenvalue weighted by atomic mass is 10.2. The summed E-state index contributed by atoms with van der Waals surface area (Å²) in [6.45, 7) is 11.6. The van der Waals surface area contributed by atoms with Crippen LogP contribution in [0, 0.1) is 0 Å². The average Bonchev–Trinajstić information content (AvgIpc) is 2.34. The first-order valence-electron chi connectivity index (χ1n) is 4.82. The fraction of sp³-hybridized carbons (Fsp3) is 0.500. The molecule has 0 spiro atoms. The number of hydrogen-bond acceptors (Lipinski definition) is 3. The number of hydrogen-bond donors (Lipinski definition) is 0. The van der Waals surface area contributed by atoms with Crippen molar-refractivity contribution in [2.45, 2.75) is 41.5 Å². The van der Waals surface area contributed by atoms with Crippen molar-refractivity contribution >= 4 is 11.9 Å². The molecule has 3 nitrogen and oxygen atoms in total. The summed E-state index contributed by atoms with van der Waals surface area (Å²) >= 11 is 0. The van der Waals surface area contributed by atoms with Gasteiger partial charge in [0, 0.05) is 11.1 Å². The van der Waals surface area contributed by atoms with Crippen LogP contribution in [0.25, 0.3) is 0 Å². The van der Waals surface area contributed by atoms with Gasteiger partial charge in [0.15, 0.2) is 0 Å². The number of cyclic esters (lactones) is 2. The lowest BCUT2D eigenvalue weighted by Crippen LogP contribution is -2.00. The number of carbonyl (C=O) groups is 2. The minimum atomic E-state index is -0.516. The summed E-state index contributed by atoms with van der Waals surface area (Å²) in [5.41, 5.74) is 3.69. The zero-order valence-corrected chi connectivity index (χ0v) is 10.2. The second-order valence-corrected chi connectivity index (χ2v) is 3.93. The Morgan fingerprint density at radius 2 is 1.07 bits per heavy atom. The molecule has 0 unspecified atom stereocenters. The van der Waals surface area contributed by atoms with Gasteiger partial charge in [-0.25, -0.2) is 9.59 Å². The Bertz CT molecular complexity index is 306. The molecule has 0 fully saturated rings. The van der Waals surface area contributed by atoms with Crippen molar-refractivity contribution in [1.82, 2.24) is 0 Å². The zero-order chi connectivity index (χ0) is 12.2. The van der Waals surface area contributed by atoms with Gasteiger partial charge in [-0.1, -0.05) is 11.1 Å². The van der Waals surface area contributed by atoms with E-state index in [2.05, 4.69) is 32.4 Å². The molecule has 0 saturated carbocycles. The molecule has 84 valence electrons. The van der Waals surface area contributed by atoms with Crippen LogP contribution < -0.4 is 0 Å². The van der Waals surface area contributed by atoms with Crippen molar-refractivity contribution in [3.05, 3.63) is 22.3 Å². The number of carbonyl (C=O) groups excluding carboxylic acids is 2. The highest BCUT2D eigenvalue weighted by atomic mass is 16.6. The maximum absolute atomic E-state index is 10.5. The second kappa shape index (κ2) is 5.49. The molecular formula is C12H18O3. The molecule has 0 aromatic carbocycles. The number of ether oxygens (including phenoxy) is 1. The molecule has 0 N–H and O–H groups in total. The summed E-state index contributed by atoms with van der Waals surface area (Å²) in [6, 6.07) is 0. The lowest BCUT2D eigenvalue weighted by Gasteiger charge is -1.88. The Balaban J connectivity index is 0.000000288. The van der Waals surface area contributed by atoms with E-state index in [-0.39, 0.29) is 0 Å². The molecule has 0 saturated heterocycles. The fourth-order valence-electron chi connectivity index (χ4n) is 0.543. The van der Waals surface area contributed by atoms with E-state index in [9.17, 15) is 9.59 Å². The number of esters is 2. The van der Waals surface area contributed by atoms with E-state index in [0.29, 0.717) is 11.1 Å². The van der Waals surface area contributed by atoms with E-state index in [1.165, 1.54) is 11.1 Å². The summed E-state index contributed by atoms with van der Waals surface area (Å²) in [6.07, 6.45) is 0. The van der Waals surface area contributed by atoms with Gasteiger partial charge in [0.1, 0.15) is 0 Å². The molecule has 0 atom stereocenters. The summed E-state index contributed by atoms with van der Waals surface area (Å²) in [7, 11) is 0. The minimum absolute atomic E-state index is 0.417. The van der Waals surface area contributed by atoms with Crippen LogP contribution in [0.3, 0.4) is 0 Å². The molecule has 0 bridgehead atoms. The van der Waals surface area contributed by atoms with Crippen LogP contribution in [-0.2, 0) is 14.3 Å². The highest BCUT2D eigenvalue weighted by Gasteiger charge is 2.25. The Morgan fingerprint density at radius 1 is 0.800 bits per heavy atom. The highest BCUT2D eigenvalue weighted by molar-refractivity contribution is 6.11. The second-order valence-electron chi connectivity index (χ2n) is 3.93. The van der Waals surface area contributed by atoms with Gasteiger partial charge in [-0.2, -0.15) is 0 Å². The maximum Gasteiger partial charge on any atom is 0.342 e. The van der Waals surface area contributed by atoms with Crippen LogP contribution in [0.2, 0.25) is 0 Å². The third kappa shape index (κ3) is 4.11. The molecule has 0 radical (unpaired) electrons. The van der Waals surface area contributed by atoms with Gasteiger partial charge in [-0.15, -0.1) is 0 Å². The van der Waals surface area contributed by atoms with Crippen molar-refractivity contribution < 1.29 is 14.3 Å². The van der Waals surface area contributed by atoms with Crippen LogP contribution in [0.5, 0.6) is 0 Å². The third-order valence-corrected chi connectivity index (χ3v) is 2.36. The summed E-state index contributed by atoms with van der Waals surface area (Å²) in [4.78, 5) is 21.0. The first-order chi connectivity index (χ1) is 6.77. The summed E-state index contributed by atoms with van der Waals surface area (Å²) < 4.78 is 4.23. The molecular weight excluding hydrogens is 192 g/mol.